The molecule has 1 aromatic heterocycles. The van der Waals surface area contributed by atoms with Crippen molar-refractivity contribution in [2.24, 2.45) is 0 Å². The second-order valence-corrected chi connectivity index (χ2v) is 7.42. The summed E-state index contributed by atoms with van der Waals surface area (Å²) in [6.07, 6.45) is -4.29. The van der Waals surface area contributed by atoms with Crippen LogP contribution in [0.1, 0.15) is 16.0 Å². The Balaban J connectivity index is 1.50. The van der Waals surface area contributed by atoms with Gasteiger partial charge in [0.25, 0.3) is 0 Å². The van der Waals surface area contributed by atoms with Crippen LogP contribution >= 0.6 is 11.3 Å². The number of nitrogens with one attached hydrogen (secondary N) is 3. The quantitative estimate of drug-likeness (QED) is 0.496. The molecule has 9 heteroatoms. The van der Waals surface area contributed by atoms with E-state index in [4.69, 9.17) is 0 Å². The molecule has 1 heterocycles. The molecule has 0 unspecified atom stereocenters. The third-order valence-electron chi connectivity index (χ3n) is 4.06. The average Bonchev–Trinajstić information content (AvgIpc) is 3.21. The number of thiophene rings is 1. The first-order chi connectivity index (χ1) is 14.3. The largest absolute Gasteiger partial charge is 0.416 e. The number of hydrogen-bond donors (Lipinski definition) is 3. The highest BCUT2D eigenvalue weighted by molar-refractivity contribution is 7.09. The van der Waals surface area contributed by atoms with E-state index in [9.17, 15) is 22.8 Å². The van der Waals surface area contributed by atoms with Crippen molar-refractivity contribution in [3.05, 3.63) is 82.0 Å². The number of anilines is 2. The zero-order valence-corrected chi connectivity index (χ0v) is 16.4. The maximum atomic E-state index is 12.7. The monoisotopic (exact) mass is 433 g/mol. The summed E-state index contributed by atoms with van der Waals surface area (Å²) in [6.45, 7) is 0.478. The molecule has 0 fully saturated rings. The second kappa shape index (κ2) is 9.45. The molecule has 0 aliphatic carbocycles. The lowest BCUT2D eigenvalue weighted by Gasteiger charge is -2.11. The van der Waals surface area contributed by atoms with E-state index in [0.717, 1.165) is 22.6 Å². The average molecular weight is 433 g/mol. The van der Waals surface area contributed by atoms with Crippen molar-refractivity contribution in [3.8, 4) is 0 Å². The van der Waals surface area contributed by atoms with Crippen LogP contribution in [-0.4, -0.2) is 11.9 Å². The van der Waals surface area contributed by atoms with E-state index >= 15 is 0 Å². The lowest BCUT2D eigenvalue weighted by molar-refractivity contribution is -0.137. The second-order valence-electron chi connectivity index (χ2n) is 6.39. The minimum atomic E-state index is -4.49. The molecular formula is C21H18F3N3O2S. The standard InChI is InChI=1S/C21H18F3N3O2S/c22-21(23,24)15-3-1-4-17(12-15)27-20(29)26-16-8-6-14(7-9-16)11-19(28)25-13-18-5-2-10-30-18/h1-10,12H,11,13H2,(H,25,28)(H2,26,27,29). The molecule has 2 aromatic carbocycles. The number of benzene rings is 2. The van der Waals surface area contributed by atoms with Gasteiger partial charge in [0.05, 0.1) is 18.5 Å². The molecule has 0 radical (unpaired) electrons. The number of carbonyl (C=O) groups is 2. The Morgan fingerprint density at radius 1 is 0.900 bits per heavy atom. The smallest absolute Gasteiger partial charge is 0.351 e. The fourth-order valence-electron chi connectivity index (χ4n) is 2.62. The highest BCUT2D eigenvalue weighted by Gasteiger charge is 2.30. The van der Waals surface area contributed by atoms with Crippen LogP contribution in [-0.2, 0) is 23.9 Å². The lowest BCUT2D eigenvalue weighted by Crippen LogP contribution is -2.24. The van der Waals surface area contributed by atoms with Gasteiger partial charge in [-0.05, 0) is 47.3 Å². The van der Waals surface area contributed by atoms with Gasteiger partial charge in [0.1, 0.15) is 0 Å². The summed E-state index contributed by atoms with van der Waals surface area (Å²) in [5.41, 5.74) is 0.396. The molecule has 30 heavy (non-hydrogen) atoms. The van der Waals surface area contributed by atoms with Gasteiger partial charge in [-0.2, -0.15) is 13.2 Å². The Morgan fingerprint density at radius 2 is 1.63 bits per heavy atom. The molecule has 3 N–H and O–H groups in total. The van der Waals surface area contributed by atoms with Crippen LogP contribution in [0.4, 0.5) is 29.3 Å². The predicted molar refractivity (Wildman–Crippen MR) is 110 cm³/mol. The first-order valence-corrected chi connectivity index (χ1v) is 9.81. The van der Waals surface area contributed by atoms with Gasteiger partial charge in [-0.15, -0.1) is 11.3 Å². The molecule has 0 saturated carbocycles. The van der Waals surface area contributed by atoms with Gasteiger partial charge in [0, 0.05) is 16.3 Å². The number of alkyl halides is 3. The maximum Gasteiger partial charge on any atom is 0.416 e. The molecule has 3 amide bonds. The molecule has 3 rings (SSSR count). The topological polar surface area (TPSA) is 70.2 Å². The fourth-order valence-corrected chi connectivity index (χ4v) is 3.26. The number of carbonyl (C=O) groups excluding carboxylic acids is 2. The van der Waals surface area contributed by atoms with E-state index in [0.29, 0.717) is 12.2 Å². The Labute approximate surface area is 174 Å². The molecule has 3 aromatic rings. The molecular weight excluding hydrogens is 415 g/mol. The van der Waals surface area contributed by atoms with Crippen LogP contribution < -0.4 is 16.0 Å². The molecule has 156 valence electrons. The van der Waals surface area contributed by atoms with Gasteiger partial charge < -0.3 is 16.0 Å². The van der Waals surface area contributed by atoms with E-state index in [1.54, 1.807) is 35.6 Å². The Bertz CT molecular complexity index is 1000. The Morgan fingerprint density at radius 3 is 2.30 bits per heavy atom. The highest BCUT2D eigenvalue weighted by Crippen LogP contribution is 2.30. The summed E-state index contributed by atoms with van der Waals surface area (Å²) in [5, 5.41) is 9.68. The van der Waals surface area contributed by atoms with Crippen molar-refractivity contribution in [2.45, 2.75) is 19.1 Å². The van der Waals surface area contributed by atoms with Crippen LogP contribution in [0.15, 0.2) is 66.0 Å². The van der Waals surface area contributed by atoms with Crippen LogP contribution in [0.25, 0.3) is 0 Å². The number of amides is 3. The fraction of sp³-hybridized carbons (Fsp3) is 0.143. The predicted octanol–water partition coefficient (Wildman–Crippen LogP) is 5.27. The minimum absolute atomic E-state index is 0.0290. The summed E-state index contributed by atoms with van der Waals surface area (Å²) >= 11 is 1.56. The van der Waals surface area contributed by atoms with Crippen molar-refractivity contribution in [3.63, 3.8) is 0 Å². The van der Waals surface area contributed by atoms with E-state index in [2.05, 4.69) is 16.0 Å². The minimum Gasteiger partial charge on any atom is -0.351 e. The summed E-state index contributed by atoms with van der Waals surface area (Å²) in [4.78, 5) is 25.1. The van der Waals surface area contributed by atoms with Crippen molar-refractivity contribution in [1.82, 2.24) is 5.32 Å². The van der Waals surface area contributed by atoms with Gasteiger partial charge in [0.15, 0.2) is 0 Å². The van der Waals surface area contributed by atoms with Crippen LogP contribution in [0.3, 0.4) is 0 Å². The first kappa shape index (κ1) is 21.4. The van der Waals surface area contributed by atoms with E-state index in [1.807, 2.05) is 17.5 Å². The molecule has 0 aliphatic rings. The zero-order chi connectivity index (χ0) is 21.6. The van der Waals surface area contributed by atoms with Gasteiger partial charge in [-0.3, -0.25) is 4.79 Å². The first-order valence-electron chi connectivity index (χ1n) is 8.93. The van der Waals surface area contributed by atoms with Gasteiger partial charge in [-0.25, -0.2) is 4.79 Å². The van der Waals surface area contributed by atoms with E-state index < -0.39 is 17.8 Å². The number of halogens is 3. The lowest BCUT2D eigenvalue weighted by atomic mass is 10.1. The van der Waals surface area contributed by atoms with Crippen LogP contribution in [0.2, 0.25) is 0 Å². The summed E-state index contributed by atoms with van der Waals surface area (Å²) in [5.74, 6) is -0.119. The van der Waals surface area contributed by atoms with Gasteiger partial charge in [-0.1, -0.05) is 24.3 Å². The SMILES string of the molecule is O=C(Cc1ccc(NC(=O)Nc2cccc(C(F)(F)F)c2)cc1)NCc1cccs1. The third-order valence-corrected chi connectivity index (χ3v) is 4.94. The van der Waals surface area contributed by atoms with E-state index in [1.165, 1.54) is 12.1 Å². The summed E-state index contributed by atoms with van der Waals surface area (Å²) in [6, 6.07) is 14.2. The van der Waals surface area contributed by atoms with Gasteiger partial charge in [0.2, 0.25) is 5.91 Å². The normalized spacial score (nSPS) is 11.0. The molecule has 0 saturated heterocycles. The Hall–Kier alpha value is -3.33. The Kier molecular flexibility index (Phi) is 6.73. The molecule has 0 atom stereocenters. The maximum absolute atomic E-state index is 12.7. The molecule has 0 aliphatic heterocycles. The summed E-state index contributed by atoms with van der Waals surface area (Å²) in [7, 11) is 0. The van der Waals surface area contributed by atoms with E-state index in [-0.39, 0.29) is 18.0 Å². The number of rotatable bonds is 6. The van der Waals surface area contributed by atoms with Crippen molar-refractivity contribution >= 4 is 34.6 Å². The van der Waals surface area contributed by atoms with Crippen LogP contribution in [0.5, 0.6) is 0 Å². The third kappa shape index (κ3) is 6.35. The zero-order valence-electron chi connectivity index (χ0n) is 15.6. The molecule has 0 spiro atoms. The highest BCUT2D eigenvalue weighted by atomic mass is 32.1. The van der Waals surface area contributed by atoms with Crippen molar-refractivity contribution < 1.29 is 22.8 Å². The number of urea groups is 1. The van der Waals surface area contributed by atoms with Crippen molar-refractivity contribution in [2.75, 3.05) is 10.6 Å². The summed E-state index contributed by atoms with van der Waals surface area (Å²) < 4.78 is 38.2. The van der Waals surface area contributed by atoms with Crippen LogP contribution in [0, 0.1) is 0 Å². The van der Waals surface area contributed by atoms with Crippen molar-refractivity contribution in [1.29, 1.82) is 0 Å². The molecule has 5 nitrogen and oxygen atoms in total. The number of hydrogen-bond acceptors (Lipinski definition) is 3. The molecule has 0 bridgehead atoms. The van der Waals surface area contributed by atoms with Gasteiger partial charge >= 0.3 is 12.2 Å².